The van der Waals surface area contributed by atoms with Crippen molar-refractivity contribution in [1.82, 2.24) is 0 Å². The van der Waals surface area contributed by atoms with Gasteiger partial charge >= 0.3 is 0 Å². The fraction of sp³-hybridized carbons (Fsp3) is 0.409. The molecule has 1 aromatic rings. The van der Waals surface area contributed by atoms with Crippen LogP contribution in [-0.2, 0) is 6.42 Å². The summed E-state index contributed by atoms with van der Waals surface area (Å²) in [5.41, 5.74) is 8.28. The number of nitrogens with zero attached hydrogens (tertiary/aromatic N) is 3. The number of nitrogens with two attached hydrogens (primary N) is 1. The van der Waals surface area contributed by atoms with Gasteiger partial charge in [-0.15, -0.1) is 0 Å². The van der Waals surface area contributed by atoms with Crippen LogP contribution in [0.3, 0.4) is 0 Å². The molecule has 2 aliphatic rings. The summed E-state index contributed by atoms with van der Waals surface area (Å²) < 4.78 is 0. The van der Waals surface area contributed by atoms with Crippen molar-refractivity contribution >= 4 is 0 Å². The summed E-state index contributed by atoms with van der Waals surface area (Å²) in [4.78, 5) is 0. The molecule has 2 N–H and O–H groups in total. The van der Waals surface area contributed by atoms with E-state index in [1.165, 1.54) is 5.56 Å². The van der Waals surface area contributed by atoms with E-state index in [1.807, 2.05) is 6.08 Å². The van der Waals surface area contributed by atoms with Gasteiger partial charge in [-0.25, -0.2) is 0 Å². The van der Waals surface area contributed by atoms with Gasteiger partial charge < -0.3 is 5.73 Å². The summed E-state index contributed by atoms with van der Waals surface area (Å²) in [6.07, 6.45) is 4.63. The van der Waals surface area contributed by atoms with E-state index in [0.29, 0.717) is 11.5 Å². The maximum atomic E-state index is 9.85. The highest BCUT2D eigenvalue weighted by atomic mass is 14.7. The number of rotatable bonds is 2. The van der Waals surface area contributed by atoms with Gasteiger partial charge in [0.15, 0.2) is 0 Å². The fourth-order valence-corrected chi connectivity index (χ4v) is 4.37. The normalized spacial score (nSPS) is 26.7. The molecule has 0 heterocycles. The average Bonchev–Trinajstić information content (AvgIpc) is 2.68. The molecule has 0 aromatic heterocycles. The molecule has 0 unspecified atom stereocenters. The van der Waals surface area contributed by atoms with Gasteiger partial charge in [-0.2, -0.15) is 15.8 Å². The standard InChI is InChI=1S/C22H22N4/c1-3-15-5-7-16(8-6-15)20-17-10-14(2)4-9-19(17)22(12-24,13-25)21(26)18(20)11-23/h5-9,14,17,20H,3-4,10,26H2,1-2H3/t14-,17-,20+/m1/s1. The third-order valence-electron chi connectivity index (χ3n) is 5.84. The molecule has 3 rings (SSSR count). The third-order valence-corrected chi connectivity index (χ3v) is 5.84. The van der Waals surface area contributed by atoms with Gasteiger partial charge in [0.1, 0.15) is 0 Å². The van der Waals surface area contributed by atoms with E-state index < -0.39 is 5.41 Å². The summed E-state index contributed by atoms with van der Waals surface area (Å²) in [5.74, 6) is 0.192. The Hall–Kier alpha value is -3.03. The van der Waals surface area contributed by atoms with E-state index in [0.717, 1.165) is 30.4 Å². The highest BCUT2D eigenvalue weighted by Crippen LogP contribution is 2.55. The zero-order valence-corrected chi connectivity index (χ0v) is 15.2. The molecule has 130 valence electrons. The van der Waals surface area contributed by atoms with Crippen molar-refractivity contribution in [2.45, 2.75) is 39.0 Å². The zero-order valence-electron chi connectivity index (χ0n) is 15.2. The number of aryl methyl sites for hydroxylation is 1. The Labute approximate surface area is 154 Å². The summed E-state index contributed by atoms with van der Waals surface area (Å²) in [7, 11) is 0. The van der Waals surface area contributed by atoms with Crippen LogP contribution in [0.5, 0.6) is 0 Å². The maximum absolute atomic E-state index is 9.85. The minimum absolute atomic E-state index is 0.0486. The van der Waals surface area contributed by atoms with Crippen LogP contribution in [0, 0.1) is 51.2 Å². The van der Waals surface area contributed by atoms with Gasteiger partial charge in [-0.1, -0.05) is 44.2 Å². The number of allylic oxidation sites excluding steroid dienone is 3. The first kappa shape index (κ1) is 17.8. The number of benzene rings is 1. The van der Waals surface area contributed by atoms with Crippen molar-refractivity contribution in [2.75, 3.05) is 0 Å². The molecule has 4 nitrogen and oxygen atoms in total. The zero-order chi connectivity index (χ0) is 18.9. The van der Waals surface area contributed by atoms with Gasteiger partial charge in [-0.3, -0.25) is 0 Å². The van der Waals surface area contributed by atoms with E-state index in [9.17, 15) is 15.8 Å². The number of hydrogen-bond acceptors (Lipinski definition) is 4. The monoisotopic (exact) mass is 342 g/mol. The van der Waals surface area contributed by atoms with Gasteiger partial charge in [0.25, 0.3) is 0 Å². The molecule has 0 fully saturated rings. The summed E-state index contributed by atoms with van der Waals surface area (Å²) in [6.45, 7) is 4.27. The molecular formula is C22H22N4. The molecule has 0 aliphatic heterocycles. The Morgan fingerprint density at radius 1 is 1.15 bits per heavy atom. The summed E-state index contributed by atoms with van der Waals surface area (Å²) >= 11 is 0. The van der Waals surface area contributed by atoms with Crippen molar-refractivity contribution in [2.24, 2.45) is 23.0 Å². The number of hydrogen-bond donors (Lipinski definition) is 1. The lowest BCUT2D eigenvalue weighted by atomic mass is 9.57. The number of nitriles is 3. The largest absolute Gasteiger partial charge is 0.399 e. The lowest BCUT2D eigenvalue weighted by molar-refractivity contribution is 0.334. The quantitative estimate of drug-likeness (QED) is 0.818. The topological polar surface area (TPSA) is 97.4 Å². The molecule has 2 aliphatic carbocycles. The van der Waals surface area contributed by atoms with E-state index >= 15 is 0 Å². The van der Waals surface area contributed by atoms with Crippen LogP contribution in [0.4, 0.5) is 0 Å². The van der Waals surface area contributed by atoms with Crippen LogP contribution in [0.15, 0.2) is 47.2 Å². The highest BCUT2D eigenvalue weighted by Gasteiger charge is 2.52. The molecule has 0 bridgehead atoms. The van der Waals surface area contributed by atoms with E-state index in [4.69, 9.17) is 5.73 Å². The predicted octanol–water partition coefficient (Wildman–Crippen LogP) is 4.09. The first-order valence-electron chi connectivity index (χ1n) is 9.04. The maximum Gasteiger partial charge on any atom is 0.204 e. The summed E-state index contributed by atoms with van der Waals surface area (Å²) in [6, 6.07) is 14.7. The first-order valence-corrected chi connectivity index (χ1v) is 9.04. The molecule has 1 aromatic carbocycles. The highest BCUT2D eigenvalue weighted by molar-refractivity contribution is 5.58. The second-order valence-corrected chi connectivity index (χ2v) is 7.33. The third kappa shape index (κ3) is 2.49. The summed E-state index contributed by atoms with van der Waals surface area (Å²) in [5, 5.41) is 29.5. The van der Waals surface area contributed by atoms with Crippen LogP contribution >= 0.6 is 0 Å². The van der Waals surface area contributed by atoms with Crippen LogP contribution < -0.4 is 5.73 Å². The van der Waals surface area contributed by atoms with E-state index in [-0.39, 0.29) is 17.5 Å². The Bertz CT molecular complexity index is 885. The van der Waals surface area contributed by atoms with Crippen molar-refractivity contribution in [1.29, 1.82) is 15.8 Å². The molecule has 3 atom stereocenters. The van der Waals surface area contributed by atoms with Crippen LogP contribution in [0.1, 0.15) is 43.7 Å². The van der Waals surface area contributed by atoms with E-state index in [2.05, 4.69) is 56.3 Å². The lowest BCUT2D eigenvalue weighted by Crippen LogP contribution is -2.41. The molecule has 4 heteroatoms. The van der Waals surface area contributed by atoms with Gasteiger partial charge in [-0.05, 0) is 47.8 Å². The van der Waals surface area contributed by atoms with Crippen LogP contribution in [-0.4, -0.2) is 0 Å². The van der Waals surface area contributed by atoms with Crippen molar-refractivity contribution in [3.8, 4) is 18.2 Å². The van der Waals surface area contributed by atoms with Crippen molar-refractivity contribution in [3.63, 3.8) is 0 Å². The molecule has 0 amide bonds. The Balaban J connectivity index is 2.26. The molecule has 0 radical (unpaired) electrons. The smallest absolute Gasteiger partial charge is 0.204 e. The van der Waals surface area contributed by atoms with Crippen molar-refractivity contribution in [3.05, 3.63) is 58.3 Å². The second kappa shape index (κ2) is 6.70. The molecule has 26 heavy (non-hydrogen) atoms. The van der Waals surface area contributed by atoms with Crippen molar-refractivity contribution < 1.29 is 0 Å². The molecule has 0 saturated heterocycles. The SMILES string of the molecule is CCc1ccc([C@@H]2C(C#N)=C(N)C(C#N)(C#N)C3=CC[C@@H](C)C[C@H]32)cc1. The second-order valence-electron chi connectivity index (χ2n) is 7.33. The number of fused-ring (bicyclic) bond motifs is 1. The van der Waals surface area contributed by atoms with Gasteiger partial charge in [0, 0.05) is 5.92 Å². The molecule has 0 saturated carbocycles. The van der Waals surface area contributed by atoms with Gasteiger partial charge in [0.2, 0.25) is 5.41 Å². The fourth-order valence-electron chi connectivity index (χ4n) is 4.37. The van der Waals surface area contributed by atoms with Crippen LogP contribution in [0.25, 0.3) is 0 Å². The predicted molar refractivity (Wildman–Crippen MR) is 99.0 cm³/mol. The Morgan fingerprint density at radius 3 is 2.35 bits per heavy atom. The average molecular weight is 342 g/mol. The molecule has 0 spiro atoms. The minimum atomic E-state index is -1.52. The Kier molecular flexibility index (Phi) is 4.58. The van der Waals surface area contributed by atoms with E-state index in [1.54, 1.807) is 0 Å². The van der Waals surface area contributed by atoms with Gasteiger partial charge in [0.05, 0.1) is 29.5 Å². The van der Waals surface area contributed by atoms with Crippen LogP contribution in [0.2, 0.25) is 0 Å². The first-order chi connectivity index (χ1) is 12.5. The lowest BCUT2D eigenvalue weighted by Gasteiger charge is -2.43. The molecular weight excluding hydrogens is 320 g/mol. The Morgan fingerprint density at radius 2 is 1.81 bits per heavy atom. The minimum Gasteiger partial charge on any atom is -0.399 e.